The average Bonchev–Trinajstić information content (AvgIpc) is 3.13. The summed E-state index contributed by atoms with van der Waals surface area (Å²) >= 11 is 0. The fourth-order valence-corrected chi connectivity index (χ4v) is 2.78. The first kappa shape index (κ1) is 16.5. The van der Waals surface area contributed by atoms with Crippen molar-refractivity contribution >= 4 is 11.7 Å². The van der Waals surface area contributed by atoms with Crippen LogP contribution in [-0.2, 0) is 11.3 Å². The molecule has 0 atom stereocenters. The molecule has 0 bridgehead atoms. The minimum absolute atomic E-state index is 0.00817. The van der Waals surface area contributed by atoms with Gasteiger partial charge in [-0.05, 0) is 32.0 Å². The lowest BCUT2D eigenvalue weighted by Gasteiger charge is -2.26. The van der Waals surface area contributed by atoms with Crippen LogP contribution in [0.25, 0.3) is 0 Å². The molecule has 0 radical (unpaired) electrons. The van der Waals surface area contributed by atoms with Crippen LogP contribution in [0.5, 0.6) is 0 Å². The molecule has 128 valence electrons. The molecule has 0 aliphatic carbocycles. The molecule has 0 aromatic carbocycles. The number of ether oxygens (including phenoxy) is 1. The largest absolute Gasteiger partial charge is 0.467 e. The average molecular weight is 330 g/mol. The van der Waals surface area contributed by atoms with Crippen LogP contribution in [0.3, 0.4) is 0 Å². The van der Waals surface area contributed by atoms with Crippen molar-refractivity contribution in [3.05, 3.63) is 48.0 Å². The molecule has 24 heavy (non-hydrogen) atoms. The Morgan fingerprint density at radius 1 is 1.29 bits per heavy atom. The van der Waals surface area contributed by atoms with Gasteiger partial charge in [-0.2, -0.15) is 0 Å². The third-order valence-electron chi connectivity index (χ3n) is 4.19. The van der Waals surface area contributed by atoms with E-state index in [4.69, 9.17) is 9.15 Å². The predicted octanol–water partition coefficient (Wildman–Crippen LogP) is 1.98. The zero-order valence-electron chi connectivity index (χ0n) is 14.2. The normalized spacial score (nSPS) is 14.9. The third-order valence-corrected chi connectivity index (χ3v) is 4.19. The van der Waals surface area contributed by atoms with Gasteiger partial charge >= 0.3 is 0 Å². The van der Waals surface area contributed by atoms with E-state index in [1.807, 2.05) is 38.1 Å². The number of furan rings is 1. The molecule has 3 rings (SSSR count). The van der Waals surface area contributed by atoms with E-state index in [0.29, 0.717) is 12.1 Å². The smallest absolute Gasteiger partial charge is 0.274 e. The van der Waals surface area contributed by atoms with Crippen LogP contribution in [0.1, 0.15) is 30.0 Å². The summed E-state index contributed by atoms with van der Waals surface area (Å²) in [7, 11) is 0. The van der Waals surface area contributed by atoms with Crippen molar-refractivity contribution < 1.29 is 18.9 Å². The maximum atomic E-state index is 12.8. The van der Waals surface area contributed by atoms with E-state index in [9.17, 15) is 4.79 Å². The van der Waals surface area contributed by atoms with E-state index >= 15 is 0 Å². The van der Waals surface area contributed by atoms with Crippen molar-refractivity contribution in [2.45, 2.75) is 26.4 Å². The summed E-state index contributed by atoms with van der Waals surface area (Å²) in [5, 5.41) is 0. The molecule has 1 fully saturated rings. The van der Waals surface area contributed by atoms with Gasteiger partial charge in [0.2, 0.25) is 0 Å². The number of nitrogens with zero attached hydrogens (tertiary/aromatic N) is 2. The zero-order valence-corrected chi connectivity index (χ0v) is 14.2. The molecule has 1 saturated heterocycles. The molecule has 0 saturated carbocycles. The van der Waals surface area contributed by atoms with E-state index in [1.165, 1.54) is 0 Å². The minimum atomic E-state index is -0.00817. The Hall–Kier alpha value is -2.34. The predicted molar refractivity (Wildman–Crippen MR) is 89.7 cm³/mol. The monoisotopic (exact) mass is 330 g/mol. The Balaban J connectivity index is 1.72. The number of anilines is 1. The summed E-state index contributed by atoms with van der Waals surface area (Å²) in [5.41, 5.74) is 0.646. The van der Waals surface area contributed by atoms with Crippen LogP contribution < -0.4 is 9.88 Å². The maximum absolute atomic E-state index is 12.8. The van der Waals surface area contributed by atoms with Crippen LogP contribution in [0.2, 0.25) is 0 Å². The molecule has 1 aliphatic heterocycles. The second-order valence-electron chi connectivity index (χ2n) is 6.17. The second kappa shape index (κ2) is 7.49. The minimum Gasteiger partial charge on any atom is -0.467 e. The summed E-state index contributed by atoms with van der Waals surface area (Å²) < 4.78 is 10.7. The highest BCUT2D eigenvalue weighted by atomic mass is 16.5. The molecule has 6 heteroatoms. The lowest BCUT2D eigenvalue weighted by atomic mass is 10.2. The molecule has 0 spiro atoms. The summed E-state index contributed by atoms with van der Waals surface area (Å²) in [6.07, 6.45) is 3.41. The molecule has 1 amide bonds. The lowest BCUT2D eigenvalue weighted by Crippen LogP contribution is -2.40. The maximum Gasteiger partial charge on any atom is 0.274 e. The van der Waals surface area contributed by atoms with Crippen molar-refractivity contribution in [3.8, 4) is 0 Å². The Morgan fingerprint density at radius 2 is 2.08 bits per heavy atom. The van der Waals surface area contributed by atoms with E-state index in [0.717, 1.165) is 37.9 Å². The van der Waals surface area contributed by atoms with Gasteiger partial charge in [-0.15, -0.1) is 0 Å². The topological polar surface area (TPSA) is 60.1 Å². The first-order chi connectivity index (χ1) is 11.6. The van der Waals surface area contributed by atoms with Gasteiger partial charge in [0.05, 0.1) is 31.6 Å². The number of carbonyl (C=O) groups excluding carboxylic acids is 1. The van der Waals surface area contributed by atoms with Gasteiger partial charge in [-0.3, -0.25) is 9.69 Å². The van der Waals surface area contributed by atoms with Gasteiger partial charge in [0.1, 0.15) is 25.0 Å². The van der Waals surface area contributed by atoms with E-state index in [1.54, 1.807) is 17.4 Å². The van der Waals surface area contributed by atoms with Crippen LogP contribution in [0.15, 0.2) is 41.1 Å². The Kier molecular flexibility index (Phi) is 5.15. The van der Waals surface area contributed by atoms with E-state index in [2.05, 4.69) is 9.88 Å². The van der Waals surface area contributed by atoms with Crippen LogP contribution in [0, 0.1) is 0 Å². The lowest BCUT2D eigenvalue weighted by molar-refractivity contribution is -0.364. The SMILES string of the molecule is CC(C)N(Cc1ccco1)C(=O)c1ccc(N2CCOCC2)[nH+]c1. The summed E-state index contributed by atoms with van der Waals surface area (Å²) in [4.78, 5) is 20.1. The molecule has 1 N–H and O–H groups in total. The van der Waals surface area contributed by atoms with E-state index < -0.39 is 0 Å². The fraction of sp³-hybridized carbons (Fsp3) is 0.444. The van der Waals surface area contributed by atoms with Gasteiger partial charge in [0, 0.05) is 12.1 Å². The number of carbonyl (C=O) groups is 1. The van der Waals surface area contributed by atoms with Gasteiger partial charge in [0.15, 0.2) is 0 Å². The van der Waals surface area contributed by atoms with Crippen molar-refractivity contribution in [1.82, 2.24) is 4.90 Å². The molecular weight excluding hydrogens is 306 g/mol. The number of rotatable bonds is 5. The Labute approximate surface area is 142 Å². The van der Waals surface area contributed by atoms with Crippen molar-refractivity contribution in [2.24, 2.45) is 0 Å². The Morgan fingerprint density at radius 3 is 2.67 bits per heavy atom. The molecular formula is C18H24N3O3+. The zero-order chi connectivity index (χ0) is 16.9. The van der Waals surface area contributed by atoms with Crippen molar-refractivity contribution in [2.75, 3.05) is 31.2 Å². The van der Waals surface area contributed by atoms with Crippen LogP contribution in [0.4, 0.5) is 5.82 Å². The second-order valence-corrected chi connectivity index (χ2v) is 6.17. The number of nitrogens with one attached hydrogen (secondary N) is 1. The van der Waals surface area contributed by atoms with Gasteiger partial charge in [-0.25, -0.2) is 4.98 Å². The molecule has 6 nitrogen and oxygen atoms in total. The number of morpholine rings is 1. The van der Waals surface area contributed by atoms with Crippen LogP contribution >= 0.6 is 0 Å². The number of amides is 1. The van der Waals surface area contributed by atoms with E-state index in [-0.39, 0.29) is 11.9 Å². The highest BCUT2D eigenvalue weighted by Gasteiger charge is 2.23. The molecule has 0 unspecified atom stereocenters. The van der Waals surface area contributed by atoms with Gasteiger partial charge < -0.3 is 14.1 Å². The molecule has 3 heterocycles. The highest BCUT2D eigenvalue weighted by Crippen LogP contribution is 2.15. The first-order valence-corrected chi connectivity index (χ1v) is 8.33. The molecule has 2 aromatic heterocycles. The quantitative estimate of drug-likeness (QED) is 0.841. The standard InChI is InChI=1S/C18H23N3O3/c1-14(2)21(13-16-4-3-9-24-16)18(22)15-5-6-17(19-12-15)20-7-10-23-11-8-20/h3-6,9,12,14H,7-8,10-11,13H2,1-2H3/p+1. The van der Waals surface area contributed by atoms with Crippen molar-refractivity contribution in [1.29, 1.82) is 0 Å². The van der Waals surface area contributed by atoms with Gasteiger partial charge in [0.25, 0.3) is 11.7 Å². The first-order valence-electron chi connectivity index (χ1n) is 8.33. The number of hydrogen-bond donors (Lipinski definition) is 0. The summed E-state index contributed by atoms with van der Waals surface area (Å²) in [6, 6.07) is 7.64. The molecule has 2 aromatic rings. The Bertz CT molecular complexity index is 647. The number of pyridine rings is 1. The number of aromatic amines is 1. The summed E-state index contributed by atoms with van der Waals surface area (Å²) in [6.45, 7) is 7.67. The third kappa shape index (κ3) is 3.76. The van der Waals surface area contributed by atoms with Crippen molar-refractivity contribution in [3.63, 3.8) is 0 Å². The van der Waals surface area contributed by atoms with Gasteiger partial charge in [-0.1, -0.05) is 0 Å². The highest BCUT2D eigenvalue weighted by molar-refractivity contribution is 5.93. The fourth-order valence-electron chi connectivity index (χ4n) is 2.78. The van der Waals surface area contributed by atoms with Crippen LogP contribution in [-0.4, -0.2) is 43.2 Å². The number of hydrogen-bond acceptors (Lipinski definition) is 4. The number of H-pyrrole nitrogens is 1. The summed E-state index contributed by atoms with van der Waals surface area (Å²) in [5.74, 6) is 1.79. The molecule has 1 aliphatic rings. The number of aromatic nitrogens is 1.